The third-order valence-corrected chi connectivity index (χ3v) is 3.25. The molecule has 0 spiro atoms. The lowest BCUT2D eigenvalue weighted by molar-refractivity contribution is -0.0697. The summed E-state index contributed by atoms with van der Waals surface area (Å²) in [7, 11) is 0. The van der Waals surface area contributed by atoms with Crippen molar-refractivity contribution in [2.24, 2.45) is 0 Å². The van der Waals surface area contributed by atoms with E-state index in [4.69, 9.17) is 4.74 Å². The number of unbranched alkanes of at least 4 members (excludes halogenated alkanes) is 2. The second-order valence-electron chi connectivity index (χ2n) is 5.88. The van der Waals surface area contributed by atoms with E-state index in [1.807, 2.05) is 0 Å². The van der Waals surface area contributed by atoms with Gasteiger partial charge in [-0.1, -0.05) is 19.8 Å². The lowest BCUT2D eigenvalue weighted by Gasteiger charge is -2.27. The summed E-state index contributed by atoms with van der Waals surface area (Å²) < 4.78 is 6.04. The van der Waals surface area contributed by atoms with Gasteiger partial charge in [-0.05, 0) is 47.1 Å². The minimum absolute atomic E-state index is 0.0181. The second-order valence-corrected chi connectivity index (χ2v) is 5.88. The van der Waals surface area contributed by atoms with Crippen molar-refractivity contribution in [1.29, 1.82) is 0 Å². The van der Waals surface area contributed by atoms with Crippen LogP contribution in [0.2, 0.25) is 0 Å². The first-order valence-electron chi connectivity index (χ1n) is 6.31. The van der Waals surface area contributed by atoms with Crippen LogP contribution in [0.4, 0.5) is 0 Å². The third kappa shape index (κ3) is 3.76. The molecule has 1 aliphatic heterocycles. The smallest absolute Gasteiger partial charge is 0.0787 e. The van der Waals surface area contributed by atoms with E-state index in [1.54, 1.807) is 0 Å². The summed E-state index contributed by atoms with van der Waals surface area (Å²) in [6.45, 7) is 12.1. The van der Waals surface area contributed by atoms with Gasteiger partial charge in [0.2, 0.25) is 0 Å². The normalized spacial score (nSPS) is 28.2. The monoisotopic (exact) mass is 213 g/mol. The molecule has 90 valence electrons. The maximum Gasteiger partial charge on any atom is 0.0787 e. The van der Waals surface area contributed by atoms with E-state index in [0.29, 0.717) is 6.04 Å². The van der Waals surface area contributed by atoms with Crippen LogP contribution in [0, 0.1) is 0 Å². The maximum absolute atomic E-state index is 6.04. The first-order chi connectivity index (χ1) is 6.87. The van der Waals surface area contributed by atoms with Crippen LogP contribution in [-0.4, -0.2) is 23.8 Å². The summed E-state index contributed by atoms with van der Waals surface area (Å²) in [5.41, 5.74) is 0.0155. The zero-order valence-electron chi connectivity index (χ0n) is 11.0. The average molecular weight is 213 g/mol. The molecular formula is C13H27NO. The number of rotatable bonds is 5. The van der Waals surface area contributed by atoms with Crippen LogP contribution in [0.3, 0.4) is 0 Å². The van der Waals surface area contributed by atoms with Gasteiger partial charge in [0.15, 0.2) is 0 Å². The van der Waals surface area contributed by atoms with Crippen molar-refractivity contribution in [3.63, 3.8) is 0 Å². The van der Waals surface area contributed by atoms with E-state index in [2.05, 4.69) is 39.9 Å². The molecule has 2 nitrogen and oxygen atoms in total. The van der Waals surface area contributed by atoms with E-state index in [-0.39, 0.29) is 11.2 Å². The fraction of sp³-hybridized carbons (Fsp3) is 1.00. The minimum Gasteiger partial charge on any atom is -0.368 e. The van der Waals surface area contributed by atoms with Crippen LogP contribution in [0.25, 0.3) is 0 Å². The first kappa shape index (κ1) is 13.0. The lowest BCUT2D eigenvalue weighted by Crippen LogP contribution is -2.43. The summed E-state index contributed by atoms with van der Waals surface area (Å²) in [6, 6.07) is 0.504. The predicted octanol–water partition coefficient (Wildman–Crippen LogP) is 3.11. The topological polar surface area (TPSA) is 21.3 Å². The van der Waals surface area contributed by atoms with Gasteiger partial charge in [-0.25, -0.2) is 0 Å². The van der Waals surface area contributed by atoms with Crippen molar-refractivity contribution in [2.45, 2.75) is 77.5 Å². The highest BCUT2D eigenvalue weighted by Crippen LogP contribution is 2.37. The van der Waals surface area contributed by atoms with Gasteiger partial charge in [0.05, 0.1) is 11.2 Å². The fourth-order valence-corrected chi connectivity index (χ4v) is 2.53. The Morgan fingerprint density at radius 3 is 2.33 bits per heavy atom. The molecule has 0 unspecified atom stereocenters. The van der Waals surface area contributed by atoms with Crippen molar-refractivity contribution < 1.29 is 4.74 Å². The van der Waals surface area contributed by atoms with Crippen LogP contribution in [0.1, 0.15) is 60.3 Å². The molecule has 0 aromatic rings. The average Bonchev–Trinajstić information content (AvgIpc) is 2.28. The van der Waals surface area contributed by atoms with Crippen molar-refractivity contribution in [3.8, 4) is 0 Å². The highest BCUT2D eigenvalue weighted by molar-refractivity contribution is 4.98. The highest BCUT2D eigenvalue weighted by atomic mass is 16.5. The van der Waals surface area contributed by atoms with Crippen molar-refractivity contribution in [2.75, 3.05) is 6.54 Å². The molecule has 0 amide bonds. The third-order valence-electron chi connectivity index (χ3n) is 3.25. The van der Waals surface area contributed by atoms with E-state index < -0.39 is 0 Å². The molecular weight excluding hydrogens is 186 g/mol. The van der Waals surface area contributed by atoms with Crippen LogP contribution in [0.15, 0.2) is 0 Å². The summed E-state index contributed by atoms with van der Waals surface area (Å²) in [4.78, 5) is 0. The summed E-state index contributed by atoms with van der Waals surface area (Å²) >= 11 is 0. The van der Waals surface area contributed by atoms with Gasteiger partial charge in [-0.3, -0.25) is 0 Å². The number of nitrogens with one attached hydrogen (secondary N) is 1. The standard InChI is InChI=1S/C13H27NO/c1-6-7-8-9-14-11-10-12(2,3)15-13(11,4)5/h11,14H,6-10H2,1-5H3/t11-/m1/s1. The first-order valence-corrected chi connectivity index (χ1v) is 6.31. The molecule has 0 aliphatic carbocycles. The summed E-state index contributed by atoms with van der Waals surface area (Å²) in [5, 5.41) is 3.64. The second kappa shape index (κ2) is 4.84. The number of ether oxygens (including phenoxy) is 1. The predicted molar refractivity (Wildman–Crippen MR) is 65.2 cm³/mol. The maximum atomic E-state index is 6.04. The van der Waals surface area contributed by atoms with E-state index in [9.17, 15) is 0 Å². The molecule has 0 radical (unpaired) electrons. The fourth-order valence-electron chi connectivity index (χ4n) is 2.53. The SMILES string of the molecule is CCCCCN[C@@H]1CC(C)(C)OC1(C)C. The zero-order chi connectivity index (χ0) is 11.5. The molecule has 0 aromatic heterocycles. The summed E-state index contributed by atoms with van der Waals surface area (Å²) in [5.74, 6) is 0. The van der Waals surface area contributed by atoms with Crippen LogP contribution in [-0.2, 0) is 4.74 Å². The van der Waals surface area contributed by atoms with Gasteiger partial charge in [-0.2, -0.15) is 0 Å². The van der Waals surface area contributed by atoms with Gasteiger partial charge in [0.1, 0.15) is 0 Å². The van der Waals surface area contributed by atoms with Crippen LogP contribution in [0.5, 0.6) is 0 Å². The largest absolute Gasteiger partial charge is 0.368 e. The van der Waals surface area contributed by atoms with E-state index in [1.165, 1.54) is 19.3 Å². The minimum atomic E-state index is -0.0181. The van der Waals surface area contributed by atoms with Gasteiger partial charge in [0.25, 0.3) is 0 Å². The summed E-state index contributed by atoms with van der Waals surface area (Å²) in [6.07, 6.45) is 5.01. The van der Waals surface area contributed by atoms with E-state index in [0.717, 1.165) is 13.0 Å². The Labute approximate surface area is 94.8 Å². The molecule has 0 bridgehead atoms. The van der Waals surface area contributed by atoms with Crippen LogP contribution < -0.4 is 5.32 Å². The van der Waals surface area contributed by atoms with Crippen molar-refractivity contribution in [1.82, 2.24) is 5.32 Å². The lowest BCUT2D eigenvalue weighted by atomic mass is 9.94. The Hall–Kier alpha value is -0.0800. The Morgan fingerprint density at radius 1 is 1.20 bits per heavy atom. The van der Waals surface area contributed by atoms with Crippen molar-refractivity contribution >= 4 is 0 Å². The molecule has 1 rings (SSSR count). The molecule has 1 aliphatic rings. The van der Waals surface area contributed by atoms with Crippen molar-refractivity contribution in [3.05, 3.63) is 0 Å². The van der Waals surface area contributed by atoms with Gasteiger partial charge >= 0.3 is 0 Å². The molecule has 1 heterocycles. The molecule has 2 heteroatoms. The zero-order valence-corrected chi connectivity index (χ0v) is 11.0. The highest BCUT2D eigenvalue weighted by Gasteiger charge is 2.45. The molecule has 15 heavy (non-hydrogen) atoms. The molecule has 1 atom stereocenters. The van der Waals surface area contributed by atoms with Gasteiger partial charge in [0, 0.05) is 6.04 Å². The Bertz CT molecular complexity index is 199. The Morgan fingerprint density at radius 2 is 1.87 bits per heavy atom. The molecule has 0 saturated carbocycles. The quantitative estimate of drug-likeness (QED) is 0.709. The number of hydrogen-bond donors (Lipinski definition) is 1. The molecule has 1 saturated heterocycles. The number of hydrogen-bond acceptors (Lipinski definition) is 2. The van der Waals surface area contributed by atoms with E-state index >= 15 is 0 Å². The molecule has 1 N–H and O–H groups in total. The Kier molecular flexibility index (Phi) is 4.19. The molecule has 1 fully saturated rings. The Balaban J connectivity index is 2.35. The van der Waals surface area contributed by atoms with Crippen LogP contribution >= 0.6 is 0 Å². The molecule has 0 aromatic carbocycles. The van der Waals surface area contributed by atoms with Gasteiger partial charge in [-0.15, -0.1) is 0 Å². The van der Waals surface area contributed by atoms with Gasteiger partial charge < -0.3 is 10.1 Å².